The summed E-state index contributed by atoms with van der Waals surface area (Å²) < 4.78 is 1.17. The van der Waals surface area contributed by atoms with Gasteiger partial charge in [0.1, 0.15) is 0 Å². The van der Waals surface area contributed by atoms with Crippen molar-refractivity contribution < 1.29 is 5.11 Å². The molecule has 1 aromatic heterocycles. The third-order valence-corrected chi connectivity index (χ3v) is 4.03. The molecule has 1 atom stereocenters. The highest BCUT2D eigenvalue weighted by Crippen LogP contribution is 2.21. The summed E-state index contributed by atoms with van der Waals surface area (Å²) in [6.45, 7) is 3.76. The van der Waals surface area contributed by atoms with Crippen molar-refractivity contribution in [3.63, 3.8) is 0 Å². The smallest absolute Gasteiger partial charge is 0.0549 e. The van der Waals surface area contributed by atoms with Crippen molar-refractivity contribution in [1.82, 2.24) is 5.32 Å². The molecule has 4 heteroatoms. The standard InChI is InChI=1S/C10H16BrNOS/c1-2-8(13)3-5-12-7-10-9(11)4-6-14-10/h4,6,8,12-13H,2-3,5,7H2,1H3/t8-/m0/s1. The van der Waals surface area contributed by atoms with Gasteiger partial charge in [0.15, 0.2) is 0 Å². The van der Waals surface area contributed by atoms with E-state index in [0.29, 0.717) is 0 Å². The van der Waals surface area contributed by atoms with Gasteiger partial charge < -0.3 is 10.4 Å². The molecule has 0 aromatic carbocycles. The van der Waals surface area contributed by atoms with E-state index in [1.807, 2.05) is 6.92 Å². The Bertz CT molecular complexity index is 264. The zero-order valence-electron chi connectivity index (χ0n) is 8.29. The molecule has 1 aromatic rings. The van der Waals surface area contributed by atoms with E-state index in [1.165, 1.54) is 9.35 Å². The molecule has 0 fully saturated rings. The number of hydrogen-bond acceptors (Lipinski definition) is 3. The van der Waals surface area contributed by atoms with Crippen molar-refractivity contribution in [3.05, 3.63) is 20.8 Å². The molecule has 1 rings (SSSR count). The highest BCUT2D eigenvalue weighted by molar-refractivity contribution is 9.10. The van der Waals surface area contributed by atoms with E-state index in [4.69, 9.17) is 0 Å². The van der Waals surface area contributed by atoms with Crippen molar-refractivity contribution in [2.24, 2.45) is 0 Å². The SMILES string of the molecule is CC[C@H](O)CCNCc1sccc1Br. The van der Waals surface area contributed by atoms with Gasteiger partial charge in [-0.15, -0.1) is 11.3 Å². The zero-order chi connectivity index (χ0) is 10.4. The Morgan fingerprint density at radius 2 is 2.43 bits per heavy atom. The van der Waals surface area contributed by atoms with Crippen LogP contribution in [0, 0.1) is 0 Å². The summed E-state index contributed by atoms with van der Waals surface area (Å²) >= 11 is 5.22. The summed E-state index contributed by atoms with van der Waals surface area (Å²) in [5, 5.41) is 14.7. The van der Waals surface area contributed by atoms with Crippen LogP contribution in [0.15, 0.2) is 15.9 Å². The van der Waals surface area contributed by atoms with Gasteiger partial charge in [0.25, 0.3) is 0 Å². The quantitative estimate of drug-likeness (QED) is 0.784. The van der Waals surface area contributed by atoms with E-state index < -0.39 is 0 Å². The minimum atomic E-state index is -0.158. The van der Waals surface area contributed by atoms with Gasteiger partial charge in [0.2, 0.25) is 0 Å². The van der Waals surface area contributed by atoms with Crippen LogP contribution >= 0.6 is 27.3 Å². The minimum Gasteiger partial charge on any atom is -0.393 e. The Hall–Kier alpha value is 0.100. The molecule has 0 unspecified atom stereocenters. The van der Waals surface area contributed by atoms with E-state index in [-0.39, 0.29) is 6.10 Å². The Labute approximate surface area is 97.5 Å². The Balaban J connectivity index is 2.13. The highest BCUT2D eigenvalue weighted by atomic mass is 79.9. The van der Waals surface area contributed by atoms with Gasteiger partial charge >= 0.3 is 0 Å². The molecule has 0 spiro atoms. The Kier molecular flexibility index (Phi) is 5.70. The van der Waals surface area contributed by atoms with Crippen LogP contribution in [0.25, 0.3) is 0 Å². The first-order valence-corrected chi connectivity index (χ1v) is 6.52. The molecular weight excluding hydrogens is 262 g/mol. The molecule has 1 heterocycles. The van der Waals surface area contributed by atoms with E-state index in [2.05, 4.69) is 32.7 Å². The molecule has 0 amide bonds. The van der Waals surface area contributed by atoms with Crippen LogP contribution in [-0.2, 0) is 6.54 Å². The first kappa shape index (κ1) is 12.2. The average molecular weight is 278 g/mol. The number of thiophene rings is 1. The van der Waals surface area contributed by atoms with Gasteiger partial charge in [0, 0.05) is 15.9 Å². The Morgan fingerprint density at radius 1 is 1.64 bits per heavy atom. The molecule has 0 aliphatic rings. The predicted octanol–water partition coefficient (Wildman–Crippen LogP) is 2.76. The second kappa shape index (κ2) is 6.56. The fraction of sp³-hybridized carbons (Fsp3) is 0.600. The summed E-state index contributed by atoms with van der Waals surface area (Å²) in [5.41, 5.74) is 0. The van der Waals surface area contributed by atoms with E-state index in [1.54, 1.807) is 11.3 Å². The maximum Gasteiger partial charge on any atom is 0.0549 e. The maximum absolute atomic E-state index is 9.32. The average Bonchev–Trinajstić information content (AvgIpc) is 2.58. The molecule has 2 nitrogen and oxygen atoms in total. The molecule has 2 N–H and O–H groups in total. The summed E-state index contributed by atoms with van der Waals surface area (Å²) in [4.78, 5) is 1.32. The zero-order valence-corrected chi connectivity index (χ0v) is 10.7. The van der Waals surface area contributed by atoms with Gasteiger partial charge in [-0.25, -0.2) is 0 Å². The van der Waals surface area contributed by atoms with Gasteiger partial charge in [-0.3, -0.25) is 0 Å². The number of hydrogen-bond donors (Lipinski definition) is 2. The number of aliphatic hydroxyl groups is 1. The second-order valence-corrected chi connectivity index (χ2v) is 5.07. The molecular formula is C10H16BrNOS. The number of halogens is 1. The second-order valence-electron chi connectivity index (χ2n) is 3.22. The highest BCUT2D eigenvalue weighted by Gasteiger charge is 2.02. The number of aliphatic hydroxyl groups excluding tert-OH is 1. The maximum atomic E-state index is 9.32. The molecule has 80 valence electrons. The largest absolute Gasteiger partial charge is 0.393 e. The molecule has 0 saturated heterocycles. The monoisotopic (exact) mass is 277 g/mol. The van der Waals surface area contributed by atoms with Crippen LogP contribution in [0.2, 0.25) is 0 Å². The van der Waals surface area contributed by atoms with Crippen LogP contribution in [-0.4, -0.2) is 17.8 Å². The first-order valence-electron chi connectivity index (χ1n) is 4.84. The Morgan fingerprint density at radius 3 is 3.00 bits per heavy atom. The minimum absolute atomic E-state index is 0.158. The molecule has 0 radical (unpaired) electrons. The van der Waals surface area contributed by atoms with E-state index >= 15 is 0 Å². The lowest BCUT2D eigenvalue weighted by atomic mass is 10.2. The molecule has 14 heavy (non-hydrogen) atoms. The molecule has 0 bridgehead atoms. The topological polar surface area (TPSA) is 32.3 Å². The molecule has 0 aliphatic heterocycles. The summed E-state index contributed by atoms with van der Waals surface area (Å²) in [5.74, 6) is 0. The lowest BCUT2D eigenvalue weighted by Crippen LogP contribution is -2.19. The van der Waals surface area contributed by atoms with Crippen molar-refractivity contribution in [2.75, 3.05) is 6.54 Å². The fourth-order valence-electron chi connectivity index (χ4n) is 1.13. The predicted molar refractivity (Wildman–Crippen MR) is 64.6 cm³/mol. The van der Waals surface area contributed by atoms with E-state index in [9.17, 15) is 5.11 Å². The van der Waals surface area contributed by atoms with Crippen molar-refractivity contribution in [2.45, 2.75) is 32.4 Å². The van der Waals surface area contributed by atoms with Crippen molar-refractivity contribution in [1.29, 1.82) is 0 Å². The van der Waals surface area contributed by atoms with Crippen molar-refractivity contribution in [3.8, 4) is 0 Å². The van der Waals surface area contributed by atoms with Crippen LogP contribution in [0.4, 0.5) is 0 Å². The van der Waals surface area contributed by atoms with Gasteiger partial charge in [-0.2, -0.15) is 0 Å². The van der Waals surface area contributed by atoms with Crippen LogP contribution in [0.3, 0.4) is 0 Å². The number of rotatable bonds is 6. The molecule has 0 saturated carbocycles. The van der Waals surface area contributed by atoms with Crippen LogP contribution in [0.1, 0.15) is 24.6 Å². The third kappa shape index (κ3) is 4.09. The van der Waals surface area contributed by atoms with Crippen molar-refractivity contribution >= 4 is 27.3 Å². The third-order valence-electron chi connectivity index (χ3n) is 2.10. The lowest BCUT2D eigenvalue weighted by Gasteiger charge is -2.07. The van der Waals surface area contributed by atoms with Gasteiger partial charge in [-0.05, 0) is 46.8 Å². The fourth-order valence-corrected chi connectivity index (χ4v) is 2.59. The normalized spacial score (nSPS) is 13.1. The van der Waals surface area contributed by atoms with Gasteiger partial charge in [-0.1, -0.05) is 6.92 Å². The molecule has 0 aliphatic carbocycles. The van der Waals surface area contributed by atoms with Gasteiger partial charge in [0.05, 0.1) is 6.10 Å². The lowest BCUT2D eigenvalue weighted by molar-refractivity contribution is 0.160. The summed E-state index contributed by atoms with van der Waals surface area (Å²) in [6.07, 6.45) is 1.51. The van der Waals surface area contributed by atoms with Crippen LogP contribution in [0.5, 0.6) is 0 Å². The summed E-state index contributed by atoms with van der Waals surface area (Å²) in [7, 11) is 0. The number of nitrogens with one attached hydrogen (secondary N) is 1. The summed E-state index contributed by atoms with van der Waals surface area (Å²) in [6, 6.07) is 2.06. The first-order chi connectivity index (χ1) is 6.74. The van der Waals surface area contributed by atoms with E-state index in [0.717, 1.165) is 25.9 Å². The van der Waals surface area contributed by atoms with Crippen LogP contribution < -0.4 is 5.32 Å².